The number of benzene rings is 1. The molecule has 2 rings (SSSR count). The van der Waals surface area contributed by atoms with E-state index in [-0.39, 0.29) is 6.03 Å². The second kappa shape index (κ2) is 7.61. The van der Waals surface area contributed by atoms with Gasteiger partial charge >= 0.3 is 6.03 Å². The number of carboxylic acids is 1. The van der Waals surface area contributed by atoms with Crippen LogP contribution in [0.5, 0.6) is 0 Å². The van der Waals surface area contributed by atoms with Gasteiger partial charge in [0.1, 0.15) is 0 Å². The van der Waals surface area contributed by atoms with E-state index >= 15 is 0 Å². The number of nitrogens with one attached hydrogen (secondary N) is 2. The highest BCUT2D eigenvalue weighted by atomic mass is 16.4. The zero-order valence-electron chi connectivity index (χ0n) is 12.6. The summed E-state index contributed by atoms with van der Waals surface area (Å²) in [7, 11) is 0. The summed E-state index contributed by atoms with van der Waals surface area (Å²) in [5, 5.41) is 13.1. The monoisotopic (exact) mass is 303 g/mol. The average Bonchev–Trinajstić information content (AvgIpc) is 2.54. The number of amides is 2. The van der Waals surface area contributed by atoms with Crippen LogP contribution in [0.2, 0.25) is 0 Å². The fourth-order valence-corrected chi connectivity index (χ4v) is 2.28. The summed E-state index contributed by atoms with van der Waals surface area (Å²) in [6.07, 6.45) is 4.18. The lowest BCUT2D eigenvalue weighted by Gasteiger charge is -2.31. The SMILES string of the molecule is C[C@H](NC(=O)N1CC[NH+](/C=C/c2ccccc2)CC1)C(=O)[O-]. The van der Waals surface area contributed by atoms with Crippen molar-refractivity contribution in [2.45, 2.75) is 13.0 Å². The van der Waals surface area contributed by atoms with E-state index in [0.29, 0.717) is 13.1 Å². The van der Waals surface area contributed by atoms with Crippen LogP contribution >= 0.6 is 0 Å². The van der Waals surface area contributed by atoms with Gasteiger partial charge in [0.2, 0.25) is 0 Å². The zero-order valence-corrected chi connectivity index (χ0v) is 12.6. The van der Waals surface area contributed by atoms with Gasteiger partial charge in [-0.3, -0.25) is 0 Å². The number of carbonyl (C=O) groups excluding carboxylic acids is 2. The smallest absolute Gasteiger partial charge is 0.318 e. The van der Waals surface area contributed by atoms with Crippen LogP contribution in [0, 0.1) is 0 Å². The molecule has 6 heteroatoms. The maximum absolute atomic E-state index is 11.9. The first-order chi connectivity index (χ1) is 10.6. The number of carbonyl (C=O) groups is 2. The third kappa shape index (κ3) is 4.60. The molecule has 0 bridgehead atoms. The highest BCUT2D eigenvalue weighted by Gasteiger charge is 2.23. The molecule has 0 radical (unpaired) electrons. The summed E-state index contributed by atoms with van der Waals surface area (Å²) in [5.74, 6) is -1.27. The first-order valence-corrected chi connectivity index (χ1v) is 7.40. The molecule has 1 atom stereocenters. The number of hydrogen-bond acceptors (Lipinski definition) is 3. The molecule has 0 spiro atoms. The molecule has 1 aliphatic rings. The van der Waals surface area contributed by atoms with E-state index in [4.69, 9.17) is 0 Å². The minimum atomic E-state index is -1.27. The predicted octanol–water partition coefficient (Wildman–Crippen LogP) is -1.29. The molecule has 1 fully saturated rings. The molecule has 1 aromatic rings. The largest absolute Gasteiger partial charge is 0.548 e. The van der Waals surface area contributed by atoms with Crippen LogP contribution in [0.25, 0.3) is 6.08 Å². The van der Waals surface area contributed by atoms with Gasteiger partial charge < -0.3 is 25.0 Å². The fraction of sp³-hybridized carbons (Fsp3) is 0.375. The molecule has 1 aliphatic heterocycles. The zero-order chi connectivity index (χ0) is 15.9. The molecule has 1 heterocycles. The highest BCUT2D eigenvalue weighted by Crippen LogP contribution is 1.99. The number of rotatable bonds is 4. The minimum Gasteiger partial charge on any atom is -0.548 e. The minimum absolute atomic E-state index is 0.345. The predicted molar refractivity (Wildman–Crippen MR) is 80.7 cm³/mol. The van der Waals surface area contributed by atoms with E-state index in [9.17, 15) is 14.7 Å². The van der Waals surface area contributed by atoms with Crippen LogP contribution < -0.4 is 15.3 Å². The Labute approximate surface area is 130 Å². The number of nitrogens with zero attached hydrogens (tertiary/aromatic N) is 1. The third-order valence-electron chi connectivity index (χ3n) is 3.70. The van der Waals surface area contributed by atoms with E-state index in [2.05, 4.69) is 17.6 Å². The lowest BCUT2D eigenvalue weighted by molar-refractivity contribution is -0.850. The third-order valence-corrected chi connectivity index (χ3v) is 3.70. The number of hydrogen-bond donors (Lipinski definition) is 2. The van der Waals surface area contributed by atoms with Gasteiger partial charge in [0, 0.05) is 0 Å². The molecule has 2 N–H and O–H groups in total. The van der Waals surface area contributed by atoms with Gasteiger partial charge in [0.25, 0.3) is 0 Å². The van der Waals surface area contributed by atoms with Crippen molar-refractivity contribution in [2.75, 3.05) is 26.2 Å². The van der Waals surface area contributed by atoms with Crippen molar-refractivity contribution >= 4 is 18.1 Å². The van der Waals surface area contributed by atoms with E-state index in [1.807, 2.05) is 30.3 Å². The van der Waals surface area contributed by atoms with Gasteiger partial charge in [-0.25, -0.2) is 4.79 Å². The Morgan fingerprint density at radius 2 is 1.91 bits per heavy atom. The van der Waals surface area contributed by atoms with Crippen molar-refractivity contribution in [3.8, 4) is 0 Å². The van der Waals surface area contributed by atoms with Crippen molar-refractivity contribution < 1.29 is 19.6 Å². The Morgan fingerprint density at radius 3 is 2.50 bits per heavy atom. The molecule has 6 nitrogen and oxygen atoms in total. The first kappa shape index (κ1) is 16.0. The van der Waals surface area contributed by atoms with Crippen LogP contribution in [0.4, 0.5) is 4.79 Å². The Hall–Kier alpha value is -2.34. The number of carboxylic acid groups (broad SMARTS) is 1. The van der Waals surface area contributed by atoms with Crippen molar-refractivity contribution in [2.24, 2.45) is 0 Å². The summed E-state index contributed by atoms with van der Waals surface area (Å²) < 4.78 is 0. The van der Waals surface area contributed by atoms with E-state index in [1.54, 1.807) is 4.90 Å². The Bertz CT molecular complexity index is 537. The van der Waals surface area contributed by atoms with Gasteiger partial charge in [-0.15, -0.1) is 0 Å². The summed E-state index contributed by atoms with van der Waals surface area (Å²) in [6, 6.07) is 8.74. The van der Waals surface area contributed by atoms with E-state index < -0.39 is 12.0 Å². The summed E-state index contributed by atoms with van der Waals surface area (Å²) >= 11 is 0. The topological polar surface area (TPSA) is 76.9 Å². The van der Waals surface area contributed by atoms with Crippen LogP contribution in [-0.2, 0) is 4.79 Å². The van der Waals surface area contributed by atoms with Crippen molar-refractivity contribution in [3.63, 3.8) is 0 Å². The number of urea groups is 1. The van der Waals surface area contributed by atoms with Crippen LogP contribution in [0.3, 0.4) is 0 Å². The van der Waals surface area contributed by atoms with Crippen molar-refractivity contribution in [1.29, 1.82) is 0 Å². The van der Waals surface area contributed by atoms with Gasteiger partial charge in [0.05, 0.1) is 44.4 Å². The quantitative estimate of drug-likeness (QED) is 0.726. The van der Waals surface area contributed by atoms with E-state index in [0.717, 1.165) is 18.7 Å². The van der Waals surface area contributed by atoms with Crippen LogP contribution in [0.1, 0.15) is 12.5 Å². The van der Waals surface area contributed by atoms with Crippen LogP contribution in [-0.4, -0.2) is 49.1 Å². The maximum atomic E-state index is 11.9. The molecular weight excluding hydrogens is 282 g/mol. The van der Waals surface area contributed by atoms with Crippen molar-refractivity contribution in [1.82, 2.24) is 10.2 Å². The second-order valence-corrected chi connectivity index (χ2v) is 5.38. The molecule has 118 valence electrons. The van der Waals surface area contributed by atoms with Gasteiger partial charge in [-0.1, -0.05) is 30.3 Å². The van der Waals surface area contributed by atoms with Crippen molar-refractivity contribution in [3.05, 3.63) is 42.1 Å². The Balaban J connectivity index is 1.79. The van der Waals surface area contributed by atoms with Gasteiger partial charge in [0.15, 0.2) is 0 Å². The Kier molecular flexibility index (Phi) is 5.55. The molecule has 0 unspecified atom stereocenters. The average molecular weight is 303 g/mol. The number of piperazine rings is 1. The maximum Gasteiger partial charge on any atom is 0.318 e. The molecular formula is C16H21N3O3. The summed E-state index contributed by atoms with van der Waals surface area (Å²) in [4.78, 5) is 25.5. The van der Waals surface area contributed by atoms with Gasteiger partial charge in [-0.2, -0.15) is 0 Å². The molecule has 2 amide bonds. The van der Waals surface area contributed by atoms with Gasteiger partial charge in [-0.05, 0) is 18.6 Å². The molecule has 0 saturated carbocycles. The summed E-state index contributed by atoms with van der Waals surface area (Å²) in [5.41, 5.74) is 1.15. The molecule has 1 saturated heterocycles. The number of aliphatic carboxylic acids is 1. The first-order valence-electron chi connectivity index (χ1n) is 7.40. The lowest BCUT2D eigenvalue weighted by Crippen LogP contribution is -3.10. The van der Waals surface area contributed by atoms with Crippen LogP contribution in [0.15, 0.2) is 36.5 Å². The molecule has 0 aliphatic carbocycles. The fourth-order valence-electron chi connectivity index (χ4n) is 2.28. The molecule has 0 aromatic heterocycles. The molecule has 22 heavy (non-hydrogen) atoms. The normalized spacial score (nSPS) is 17.4. The number of quaternary nitrogens is 1. The standard InChI is InChI=1S/C16H21N3O3/c1-13(15(20)21)17-16(22)19-11-9-18(10-12-19)8-7-14-5-3-2-4-6-14/h2-8,13H,9-12H2,1H3,(H,17,22)(H,20,21)/b8-7+/t13-/m0/s1. The Morgan fingerprint density at radius 1 is 1.27 bits per heavy atom. The lowest BCUT2D eigenvalue weighted by atomic mass is 10.2. The molecule has 1 aromatic carbocycles. The van der Waals surface area contributed by atoms with E-state index in [1.165, 1.54) is 11.8 Å². The summed E-state index contributed by atoms with van der Waals surface area (Å²) in [6.45, 7) is 4.20. The highest BCUT2D eigenvalue weighted by molar-refractivity contribution is 5.81. The second-order valence-electron chi connectivity index (χ2n) is 5.38.